The molecule has 4 heteroatoms. The molecule has 0 radical (unpaired) electrons. The first-order chi connectivity index (χ1) is 11.6. The number of esters is 1. The maximum Gasteiger partial charge on any atom is 0.312 e. The Balaban J connectivity index is 1.72. The van der Waals surface area contributed by atoms with Crippen molar-refractivity contribution in [2.45, 2.75) is 57.9 Å². The van der Waals surface area contributed by atoms with Crippen LogP contribution >= 0.6 is 11.6 Å². The molecule has 0 unspecified atom stereocenters. The molecule has 2 fully saturated rings. The van der Waals surface area contributed by atoms with E-state index in [4.69, 9.17) is 16.3 Å². The summed E-state index contributed by atoms with van der Waals surface area (Å²) in [5.74, 6) is -0.0222. The van der Waals surface area contributed by atoms with E-state index in [2.05, 4.69) is 4.90 Å². The van der Waals surface area contributed by atoms with Crippen LogP contribution in [0.1, 0.15) is 51.0 Å². The van der Waals surface area contributed by atoms with Crippen molar-refractivity contribution in [1.29, 1.82) is 0 Å². The van der Waals surface area contributed by atoms with Gasteiger partial charge < -0.3 is 9.64 Å². The Morgan fingerprint density at radius 1 is 1.21 bits per heavy atom. The zero-order valence-corrected chi connectivity index (χ0v) is 15.4. The quantitative estimate of drug-likeness (QED) is 0.734. The minimum absolute atomic E-state index is 0.0222. The number of halogens is 1. The van der Waals surface area contributed by atoms with Gasteiger partial charge in [0.25, 0.3) is 0 Å². The van der Waals surface area contributed by atoms with Crippen LogP contribution in [0.5, 0.6) is 0 Å². The van der Waals surface area contributed by atoms with Crippen LogP contribution in [0.4, 0.5) is 0 Å². The first-order valence-corrected chi connectivity index (χ1v) is 9.66. The lowest BCUT2D eigenvalue weighted by Gasteiger charge is -2.42. The third kappa shape index (κ3) is 3.94. The molecule has 0 amide bonds. The number of piperidine rings is 1. The van der Waals surface area contributed by atoms with Crippen LogP contribution in [0, 0.1) is 5.41 Å². The van der Waals surface area contributed by atoms with E-state index in [1.165, 1.54) is 31.2 Å². The Morgan fingerprint density at radius 2 is 1.83 bits per heavy atom. The number of hydrogen-bond donors (Lipinski definition) is 0. The summed E-state index contributed by atoms with van der Waals surface area (Å²) in [5, 5.41) is 0.736. The van der Waals surface area contributed by atoms with Gasteiger partial charge in [0, 0.05) is 11.1 Å². The molecule has 2 aliphatic rings. The molecule has 1 aliphatic carbocycles. The summed E-state index contributed by atoms with van der Waals surface area (Å²) >= 11 is 5.99. The summed E-state index contributed by atoms with van der Waals surface area (Å²) in [6.45, 7) is 4.36. The van der Waals surface area contributed by atoms with Crippen LogP contribution in [0.15, 0.2) is 24.3 Å². The number of hydrogen-bond acceptors (Lipinski definition) is 3. The van der Waals surface area contributed by atoms with Gasteiger partial charge >= 0.3 is 5.97 Å². The molecule has 0 aromatic heterocycles. The van der Waals surface area contributed by atoms with E-state index in [9.17, 15) is 4.79 Å². The lowest BCUT2D eigenvalue weighted by molar-refractivity contribution is -0.159. The van der Waals surface area contributed by atoms with Gasteiger partial charge in [-0.05, 0) is 69.8 Å². The SMILES string of the molecule is CCOC(=O)C1(Cc2ccc(Cl)cc2)CCN(C2CCCC2)CC1. The second kappa shape index (κ2) is 7.88. The number of rotatable bonds is 5. The predicted molar refractivity (Wildman–Crippen MR) is 97.3 cm³/mol. The van der Waals surface area contributed by atoms with E-state index in [1.54, 1.807) is 0 Å². The zero-order chi connectivity index (χ0) is 17.0. The highest BCUT2D eigenvalue weighted by molar-refractivity contribution is 6.30. The summed E-state index contributed by atoms with van der Waals surface area (Å²) in [4.78, 5) is 15.4. The van der Waals surface area contributed by atoms with Gasteiger partial charge in [-0.25, -0.2) is 0 Å². The fraction of sp³-hybridized carbons (Fsp3) is 0.650. The van der Waals surface area contributed by atoms with Crippen LogP contribution in [0.2, 0.25) is 5.02 Å². The number of benzene rings is 1. The van der Waals surface area contributed by atoms with Crippen molar-refractivity contribution in [1.82, 2.24) is 4.90 Å². The fourth-order valence-corrected chi connectivity index (χ4v) is 4.44. The van der Waals surface area contributed by atoms with Crippen molar-refractivity contribution in [3.05, 3.63) is 34.9 Å². The Kier molecular flexibility index (Phi) is 5.83. The van der Waals surface area contributed by atoms with E-state index in [1.807, 2.05) is 31.2 Å². The van der Waals surface area contributed by atoms with E-state index < -0.39 is 0 Å². The molecular weight excluding hydrogens is 322 g/mol. The molecule has 1 aliphatic heterocycles. The summed E-state index contributed by atoms with van der Waals surface area (Å²) in [6.07, 6.45) is 7.90. The highest BCUT2D eigenvalue weighted by atomic mass is 35.5. The molecule has 1 aromatic carbocycles. The lowest BCUT2D eigenvalue weighted by atomic mass is 9.73. The standard InChI is InChI=1S/C20H28ClNO2/c1-2-24-19(23)20(15-16-7-9-17(21)10-8-16)11-13-22(14-12-20)18-5-3-4-6-18/h7-10,18H,2-6,11-15H2,1H3. The summed E-state index contributed by atoms with van der Waals surface area (Å²) in [5.41, 5.74) is 0.792. The second-order valence-electron chi connectivity index (χ2n) is 7.28. The van der Waals surface area contributed by atoms with Crippen LogP contribution in [0.25, 0.3) is 0 Å². The Bertz CT molecular complexity index is 543. The number of nitrogens with zero attached hydrogens (tertiary/aromatic N) is 1. The van der Waals surface area contributed by atoms with E-state index >= 15 is 0 Å². The van der Waals surface area contributed by atoms with Crippen molar-refractivity contribution in [2.75, 3.05) is 19.7 Å². The molecule has 1 saturated heterocycles. The van der Waals surface area contributed by atoms with Gasteiger partial charge in [0.15, 0.2) is 0 Å². The van der Waals surface area contributed by atoms with Gasteiger partial charge in [-0.15, -0.1) is 0 Å². The first kappa shape index (κ1) is 17.8. The summed E-state index contributed by atoms with van der Waals surface area (Å²) in [7, 11) is 0. The summed E-state index contributed by atoms with van der Waals surface area (Å²) < 4.78 is 5.46. The van der Waals surface area contributed by atoms with Gasteiger partial charge in [0.05, 0.1) is 12.0 Å². The normalized spacial score (nSPS) is 21.8. The summed E-state index contributed by atoms with van der Waals surface area (Å²) in [6, 6.07) is 8.62. The second-order valence-corrected chi connectivity index (χ2v) is 7.71. The van der Waals surface area contributed by atoms with Gasteiger partial charge in [-0.2, -0.15) is 0 Å². The van der Waals surface area contributed by atoms with Crippen LogP contribution in [-0.2, 0) is 16.0 Å². The Morgan fingerprint density at radius 3 is 2.42 bits per heavy atom. The van der Waals surface area contributed by atoms with Crippen molar-refractivity contribution >= 4 is 17.6 Å². The predicted octanol–water partition coefficient (Wildman–Crippen LogP) is 4.47. The third-order valence-corrected chi connectivity index (χ3v) is 6.01. The fourth-order valence-electron chi connectivity index (χ4n) is 4.32. The van der Waals surface area contributed by atoms with Crippen molar-refractivity contribution in [3.63, 3.8) is 0 Å². The van der Waals surface area contributed by atoms with Crippen molar-refractivity contribution in [3.8, 4) is 0 Å². The third-order valence-electron chi connectivity index (χ3n) is 5.76. The van der Waals surface area contributed by atoms with Crippen LogP contribution in [-0.4, -0.2) is 36.6 Å². The Labute approximate surface area is 150 Å². The molecular formula is C20H28ClNO2. The molecule has 132 valence electrons. The van der Waals surface area contributed by atoms with Crippen molar-refractivity contribution < 1.29 is 9.53 Å². The molecule has 1 aromatic rings. The molecule has 0 spiro atoms. The molecule has 3 rings (SSSR count). The van der Waals surface area contributed by atoms with Crippen LogP contribution < -0.4 is 0 Å². The Hall–Kier alpha value is -1.06. The number of ether oxygens (including phenoxy) is 1. The number of carbonyl (C=O) groups is 1. The maximum atomic E-state index is 12.8. The van der Waals surface area contributed by atoms with Gasteiger partial charge in [0.2, 0.25) is 0 Å². The van der Waals surface area contributed by atoms with E-state index in [0.717, 1.165) is 43.4 Å². The largest absolute Gasteiger partial charge is 0.466 e. The smallest absolute Gasteiger partial charge is 0.312 e. The lowest BCUT2D eigenvalue weighted by Crippen LogP contribution is -2.49. The highest BCUT2D eigenvalue weighted by Gasteiger charge is 2.43. The molecule has 1 saturated carbocycles. The van der Waals surface area contributed by atoms with Crippen molar-refractivity contribution in [2.24, 2.45) is 5.41 Å². The first-order valence-electron chi connectivity index (χ1n) is 9.29. The molecule has 0 N–H and O–H groups in total. The highest BCUT2D eigenvalue weighted by Crippen LogP contribution is 2.39. The average Bonchev–Trinajstić information content (AvgIpc) is 3.12. The minimum Gasteiger partial charge on any atom is -0.466 e. The van der Waals surface area contributed by atoms with Gasteiger partial charge in [-0.3, -0.25) is 4.79 Å². The monoisotopic (exact) mass is 349 g/mol. The molecule has 24 heavy (non-hydrogen) atoms. The topological polar surface area (TPSA) is 29.5 Å². The minimum atomic E-state index is -0.376. The zero-order valence-electron chi connectivity index (χ0n) is 14.6. The molecule has 3 nitrogen and oxygen atoms in total. The van der Waals surface area contributed by atoms with E-state index in [0.29, 0.717) is 6.61 Å². The van der Waals surface area contributed by atoms with Crippen LogP contribution in [0.3, 0.4) is 0 Å². The average molecular weight is 350 g/mol. The molecule has 0 bridgehead atoms. The molecule has 0 atom stereocenters. The van der Waals surface area contributed by atoms with Gasteiger partial charge in [-0.1, -0.05) is 36.6 Å². The number of likely N-dealkylation sites (tertiary alicyclic amines) is 1. The van der Waals surface area contributed by atoms with E-state index in [-0.39, 0.29) is 11.4 Å². The molecule has 1 heterocycles. The number of carbonyl (C=O) groups excluding carboxylic acids is 1. The maximum absolute atomic E-state index is 12.8. The van der Waals surface area contributed by atoms with Gasteiger partial charge in [0.1, 0.15) is 0 Å².